The molecule has 136 valence electrons. The van der Waals surface area contributed by atoms with Gasteiger partial charge < -0.3 is 0 Å². The largest absolute Gasteiger partial charge is 0.228 e. The van der Waals surface area contributed by atoms with Crippen LogP contribution in [0.25, 0.3) is 53.7 Å². The fourth-order valence-corrected chi connectivity index (χ4v) is 5.10. The zero-order valence-electron chi connectivity index (χ0n) is 15.5. The zero-order valence-corrected chi connectivity index (χ0v) is 16.4. The maximum absolute atomic E-state index is 5.07. The first kappa shape index (κ1) is 16.4. The summed E-state index contributed by atoms with van der Waals surface area (Å²) in [6.07, 6.45) is 0. The third kappa shape index (κ3) is 2.63. The second-order valence-corrected chi connectivity index (χ2v) is 8.14. The molecule has 0 N–H and O–H groups in total. The van der Waals surface area contributed by atoms with Crippen LogP contribution in [-0.2, 0) is 0 Å². The monoisotopic (exact) mass is 388 g/mol. The van der Waals surface area contributed by atoms with Crippen molar-refractivity contribution in [2.24, 2.45) is 0 Å². The van der Waals surface area contributed by atoms with Gasteiger partial charge in [0.2, 0.25) is 0 Å². The van der Waals surface area contributed by atoms with Crippen LogP contribution in [-0.4, -0.2) is 9.97 Å². The minimum absolute atomic E-state index is 0.760. The SMILES string of the molecule is c1ccc(-c2nc(-c3cccc4sc5ccccc5c34)c3ccccc3n2)cc1. The molecule has 0 atom stereocenters. The Morgan fingerprint density at radius 3 is 2.17 bits per heavy atom. The van der Waals surface area contributed by atoms with E-state index in [0.717, 1.165) is 33.5 Å². The first-order chi connectivity index (χ1) is 14.4. The van der Waals surface area contributed by atoms with Crippen LogP contribution in [0, 0.1) is 0 Å². The molecule has 0 saturated heterocycles. The molecule has 2 aromatic heterocycles. The molecule has 0 radical (unpaired) electrons. The molecule has 3 heteroatoms. The predicted molar refractivity (Wildman–Crippen MR) is 123 cm³/mol. The van der Waals surface area contributed by atoms with E-state index in [-0.39, 0.29) is 0 Å². The lowest BCUT2D eigenvalue weighted by Crippen LogP contribution is -1.95. The van der Waals surface area contributed by atoms with E-state index in [0.29, 0.717) is 0 Å². The van der Waals surface area contributed by atoms with Crippen LogP contribution in [0.5, 0.6) is 0 Å². The maximum atomic E-state index is 5.07. The summed E-state index contributed by atoms with van der Waals surface area (Å²) >= 11 is 1.83. The van der Waals surface area contributed by atoms with E-state index >= 15 is 0 Å². The van der Waals surface area contributed by atoms with Crippen molar-refractivity contribution in [3.05, 3.63) is 97.1 Å². The van der Waals surface area contributed by atoms with Crippen molar-refractivity contribution in [2.45, 2.75) is 0 Å². The minimum atomic E-state index is 0.760. The lowest BCUT2D eigenvalue weighted by Gasteiger charge is -2.10. The third-order valence-electron chi connectivity index (χ3n) is 5.29. The summed E-state index contributed by atoms with van der Waals surface area (Å²) in [5.74, 6) is 0.760. The van der Waals surface area contributed by atoms with Gasteiger partial charge in [-0.15, -0.1) is 11.3 Å². The third-order valence-corrected chi connectivity index (χ3v) is 6.43. The van der Waals surface area contributed by atoms with E-state index in [2.05, 4.69) is 72.8 Å². The zero-order chi connectivity index (χ0) is 19.2. The number of nitrogens with zero attached hydrogens (tertiary/aromatic N) is 2. The molecule has 0 spiro atoms. The van der Waals surface area contributed by atoms with Crippen molar-refractivity contribution in [1.29, 1.82) is 0 Å². The number of para-hydroxylation sites is 1. The first-order valence-corrected chi connectivity index (χ1v) is 10.4. The van der Waals surface area contributed by atoms with E-state index < -0.39 is 0 Å². The number of benzene rings is 4. The highest BCUT2D eigenvalue weighted by Gasteiger charge is 2.16. The summed E-state index contributed by atoms with van der Waals surface area (Å²) in [6, 6.07) is 33.6. The van der Waals surface area contributed by atoms with Crippen molar-refractivity contribution in [1.82, 2.24) is 9.97 Å². The van der Waals surface area contributed by atoms with Gasteiger partial charge in [0.15, 0.2) is 5.82 Å². The van der Waals surface area contributed by atoms with Crippen LogP contribution in [0.15, 0.2) is 97.1 Å². The molecule has 4 aromatic carbocycles. The van der Waals surface area contributed by atoms with Crippen molar-refractivity contribution in [2.75, 3.05) is 0 Å². The maximum Gasteiger partial charge on any atom is 0.160 e. The topological polar surface area (TPSA) is 25.8 Å². The Morgan fingerprint density at radius 1 is 0.552 bits per heavy atom. The molecule has 0 unspecified atom stereocenters. The molecule has 2 nitrogen and oxygen atoms in total. The van der Waals surface area contributed by atoms with Gasteiger partial charge in [-0.1, -0.05) is 78.9 Å². The van der Waals surface area contributed by atoms with Gasteiger partial charge in [-0.3, -0.25) is 0 Å². The molecule has 0 aliphatic rings. The van der Waals surface area contributed by atoms with Gasteiger partial charge in [0, 0.05) is 36.7 Å². The molecule has 29 heavy (non-hydrogen) atoms. The Hall–Kier alpha value is -3.56. The highest BCUT2D eigenvalue weighted by molar-refractivity contribution is 7.25. The number of rotatable bonds is 2. The van der Waals surface area contributed by atoms with Gasteiger partial charge in [0.25, 0.3) is 0 Å². The summed E-state index contributed by atoms with van der Waals surface area (Å²) in [5, 5.41) is 3.64. The number of aromatic nitrogens is 2. The van der Waals surface area contributed by atoms with Crippen LogP contribution >= 0.6 is 11.3 Å². The normalized spacial score (nSPS) is 11.4. The quantitative estimate of drug-likeness (QED) is 0.310. The van der Waals surface area contributed by atoms with Gasteiger partial charge >= 0.3 is 0 Å². The Labute approximate surface area is 172 Å². The molecular formula is C26H16N2S. The Morgan fingerprint density at radius 2 is 1.28 bits per heavy atom. The molecule has 6 rings (SSSR count). The number of fused-ring (bicyclic) bond motifs is 4. The predicted octanol–water partition coefficient (Wildman–Crippen LogP) is 7.33. The molecule has 6 aromatic rings. The number of hydrogen-bond acceptors (Lipinski definition) is 3. The van der Waals surface area contributed by atoms with Crippen molar-refractivity contribution >= 4 is 42.4 Å². The Balaban J connectivity index is 1.74. The van der Waals surface area contributed by atoms with Gasteiger partial charge in [-0.05, 0) is 18.2 Å². The van der Waals surface area contributed by atoms with Crippen LogP contribution in [0.1, 0.15) is 0 Å². The van der Waals surface area contributed by atoms with Crippen LogP contribution in [0.3, 0.4) is 0 Å². The standard InChI is InChI=1S/C26H16N2S/c1-2-9-17(10-3-1)26-27-21-14-6-4-11-18(21)25(28-26)20-13-8-16-23-24(20)19-12-5-7-15-22(19)29-23/h1-16H. The van der Waals surface area contributed by atoms with Gasteiger partial charge in [0.05, 0.1) is 11.2 Å². The smallest absolute Gasteiger partial charge is 0.160 e. The van der Waals surface area contributed by atoms with E-state index in [1.54, 1.807) is 0 Å². The highest BCUT2D eigenvalue weighted by atomic mass is 32.1. The Bertz CT molecular complexity index is 1500. The van der Waals surface area contributed by atoms with Gasteiger partial charge in [0.1, 0.15) is 0 Å². The molecular weight excluding hydrogens is 372 g/mol. The van der Waals surface area contributed by atoms with Gasteiger partial charge in [-0.2, -0.15) is 0 Å². The lowest BCUT2D eigenvalue weighted by molar-refractivity contribution is 1.23. The molecule has 2 heterocycles. The van der Waals surface area contributed by atoms with E-state index in [1.165, 1.54) is 20.2 Å². The summed E-state index contributed by atoms with van der Waals surface area (Å²) in [6.45, 7) is 0. The van der Waals surface area contributed by atoms with Crippen LogP contribution < -0.4 is 0 Å². The molecule has 0 fully saturated rings. The second kappa shape index (κ2) is 6.50. The van der Waals surface area contributed by atoms with Crippen molar-refractivity contribution in [3.8, 4) is 22.6 Å². The van der Waals surface area contributed by atoms with Crippen LogP contribution in [0.4, 0.5) is 0 Å². The van der Waals surface area contributed by atoms with E-state index in [9.17, 15) is 0 Å². The molecule has 0 aliphatic heterocycles. The number of thiophene rings is 1. The fourth-order valence-electron chi connectivity index (χ4n) is 3.97. The van der Waals surface area contributed by atoms with Crippen molar-refractivity contribution < 1.29 is 0 Å². The first-order valence-electron chi connectivity index (χ1n) is 9.61. The summed E-state index contributed by atoms with van der Waals surface area (Å²) in [7, 11) is 0. The minimum Gasteiger partial charge on any atom is -0.228 e. The van der Waals surface area contributed by atoms with E-state index in [1.807, 2.05) is 35.6 Å². The summed E-state index contributed by atoms with van der Waals surface area (Å²) < 4.78 is 2.59. The van der Waals surface area contributed by atoms with E-state index in [4.69, 9.17) is 9.97 Å². The summed E-state index contributed by atoms with van der Waals surface area (Å²) in [5.41, 5.74) is 4.15. The molecule has 0 bridgehead atoms. The molecule has 0 aliphatic carbocycles. The fraction of sp³-hybridized carbons (Fsp3) is 0. The molecule has 0 amide bonds. The second-order valence-electron chi connectivity index (χ2n) is 7.06. The highest BCUT2D eigenvalue weighted by Crippen LogP contribution is 2.41. The lowest BCUT2D eigenvalue weighted by atomic mass is 10.00. The van der Waals surface area contributed by atoms with Crippen molar-refractivity contribution in [3.63, 3.8) is 0 Å². The van der Waals surface area contributed by atoms with Crippen LogP contribution in [0.2, 0.25) is 0 Å². The summed E-state index contributed by atoms with van der Waals surface area (Å²) in [4.78, 5) is 9.92. The average molecular weight is 388 g/mol. The molecule has 0 saturated carbocycles. The Kier molecular flexibility index (Phi) is 3.68. The number of hydrogen-bond donors (Lipinski definition) is 0. The van der Waals surface area contributed by atoms with Gasteiger partial charge in [-0.25, -0.2) is 9.97 Å². The average Bonchev–Trinajstić information content (AvgIpc) is 3.18.